The molecule has 0 bridgehead atoms. The number of hydrogen-bond donors (Lipinski definition) is 0. The lowest BCUT2D eigenvalue weighted by molar-refractivity contribution is 0.642. The Balaban J connectivity index is 1.17. The average Bonchev–Trinajstić information content (AvgIpc) is 3.99. The van der Waals surface area contributed by atoms with Gasteiger partial charge in [-0.1, -0.05) is 137 Å². The van der Waals surface area contributed by atoms with Crippen molar-refractivity contribution in [1.29, 1.82) is 0 Å². The minimum Gasteiger partial charge on any atom is -0.455 e. The molecule has 0 aliphatic rings. The lowest BCUT2D eigenvalue weighted by atomic mass is 9.76. The fourth-order valence-electron chi connectivity index (χ4n) is 8.84. The first-order valence-corrected chi connectivity index (χ1v) is 27.8. The molecule has 0 unspecified atom stereocenters. The van der Waals surface area contributed by atoms with E-state index < -0.39 is 21.6 Å². The van der Waals surface area contributed by atoms with Crippen molar-refractivity contribution in [2.45, 2.75) is 58.5 Å². The van der Waals surface area contributed by atoms with Crippen LogP contribution in [0.15, 0.2) is 157 Å². The third-order valence-corrected chi connectivity index (χ3v) is 16.4. The van der Waals surface area contributed by atoms with Gasteiger partial charge < -0.3 is 4.42 Å². The molecule has 6 nitrogen and oxygen atoms in total. The van der Waals surface area contributed by atoms with Crippen molar-refractivity contribution < 1.29 is 4.42 Å². The Bertz CT molecular complexity index is 3250. The number of hydrogen-bond acceptors (Lipinski definition) is 4. The number of para-hydroxylation sites is 2. The van der Waals surface area contributed by atoms with Gasteiger partial charge in [0.15, 0.2) is 0 Å². The molecule has 0 radical (unpaired) electrons. The van der Waals surface area contributed by atoms with Gasteiger partial charge in [-0.2, -0.15) is 5.10 Å². The topological polar surface area (TPSA) is 61.1 Å². The SMILES string of the molecule is CC(C)(c1cc(-c2ccc([Si](C)(C)C)cn2)c2oc3ccn4c5ccccc5nc4c3c2c1)c1cc(-n2cc(-c3ccccc3-c3ccccc3)cn2)ccc1[Si](C)(C)C. The predicted octanol–water partition coefficient (Wildman–Crippen LogP) is 12.4. The number of fused-ring (bicyclic) bond motifs is 7. The van der Waals surface area contributed by atoms with E-state index in [1.807, 2.05) is 16.9 Å². The summed E-state index contributed by atoms with van der Waals surface area (Å²) in [5.74, 6) is 0. The summed E-state index contributed by atoms with van der Waals surface area (Å²) in [5, 5.41) is 9.79. The van der Waals surface area contributed by atoms with Crippen molar-refractivity contribution in [3.05, 3.63) is 163 Å². The van der Waals surface area contributed by atoms with Crippen molar-refractivity contribution in [1.82, 2.24) is 24.1 Å². The first-order chi connectivity index (χ1) is 28.8. The standard InChI is InChI=1S/C52H49N5OSi2/c1-52(2,43-30-37(22-25-48(43)60(6,7)8)57-33-35(31-54-57)40-19-13-12-18-39(40)34-16-10-9-11-17-34)36-28-41(44-24-23-38(32-53-44)59(3,4)5)50-42(29-36)49-47(58-50)26-27-56-46-21-15-14-20-45(46)55-51(49)56/h9-33H,1-8H3. The minimum atomic E-state index is -1.85. The van der Waals surface area contributed by atoms with Crippen molar-refractivity contribution in [2.24, 2.45) is 0 Å². The van der Waals surface area contributed by atoms with Gasteiger partial charge in [-0.05, 0) is 81.5 Å². The summed E-state index contributed by atoms with van der Waals surface area (Å²) < 4.78 is 11.1. The number of aromatic nitrogens is 5. The molecule has 0 N–H and O–H groups in total. The second-order valence-electron chi connectivity index (χ2n) is 18.7. The lowest BCUT2D eigenvalue weighted by Crippen LogP contribution is -2.44. The Morgan fingerprint density at radius 3 is 2.12 bits per heavy atom. The van der Waals surface area contributed by atoms with E-state index in [9.17, 15) is 0 Å². The van der Waals surface area contributed by atoms with Crippen LogP contribution in [-0.2, 0) is 5.41 Å². The van der Waals surface area contributed by atoms with Crippen LogP contribution in [0, 0.1) is 0 Å². The summed E-state index contributed by atoms with van der Waals surface area (Å²) in [7, 11) is -3.41. The largest absolute Gasteiger partial charge is 0.455 e. The number of rotatable bonds is 8. The van der Waals surface area contributed by atoms with E-state index in [1.54, 1.807) is 0 Å². The van der Waals surface area contributed by atoms with Crippen LogP contribution in [0.5, 0.6) is 0 Å². The highest BCUT2D eigenvalue weighted by molar-refractivity contribution is 6.89. The van der Waals surface area contributed by atoms with E-state index in [-0.39, 0.29) is 0 Å². The van der Waals surface area contributed by atoms with Gasteiger partial charge in [0.25, 0.3) is 0 Å². The maximum atomic E-state index is 6.85. The molecule has 60 heavy (non-hydrogen) atoms. The van der Waals surface area contributed by atoms with Gasteiger partial charge >= 0.3 is 0 Å². The van der Waals surface area contributed by atoms with Crippen LogP contribution < -0.4 is 10.4 Å². The monoisotopic (exact) mass is 815 g/mol. The van der Waals surface area contributed by atoms with Gasteiger partial charge in [-0.15, -0.1) is 0 Å². The number of pyridine rings is 2. The summed E-state index contributed by atoms with van der Waals surface area (Å²) >= 11 is 0. The smallest absolute Gasteiger partial charge is 0.149 e. The lowest BCUT2D eigenvalue weighted by Gasteiger charge is -2.33. The normalized spacial score (nSPS) is 12.7. The molecule has 8 heteroatoms. The molecule has 5 aromatic heterocycles. The first kappa shape index (κ1) is 37.9. The van der Waals surface area contributed by atoms with E-state index in [2.05, 4.69) is 197 Å². The van der Waals surface area contributed by atoms with Crippen molar-refractivity contribution in [3.63, 3.8) is 0 Å². The Kier molecular flexibility index (Phi) is 8.75. The van der Waals surface area contributed by atoms with Crippen LogP contribution in [0.2, 0.25) is 39.3 Å². The highest BCUT2D eigenvalue weighted by Gasteiger charge is 2.33. The third kappa shape index (κ3) is 6.33. The van der Waals surface area contributed by atoms with Gasteiger partial charge in [0, 0.05) is 40.5 Å². The molecule has 0 aliphatic carbocycles. The maximum Gasteiger partial charge on any atom is 0.149 e. The Hall–Kier alpha value is -6.36. The van der Waals surface area contributed by atoms with Gasteiger partial charge in [0.1, 0.15) is 16.8 Å². The van der Waals surface area contributed by atoms with E-state index in [0.29, 0.717) is 0 Å². The zero-order valence-corrected chi connectivity index (χ0v) is 37.6. The van der Waals surface area contributed by atoms with E-state index in [1.165, 1.54) is 32.6 Å². The van der Waals surface area contributed by atoms with Crippen molar-refractivity contribution >= 4 is 65.1 Å². The molecule has 5 heterocycles. The van der Waals surface area contributed by atoms with Crippen LogP contribution in [0.25, 0.3) is 77.8 Å². The Morgan fingerprint density at radius 2 is 1.38 bits per heavy atom. The van der Waals surface area contributed by atoms with Crippen LogP contribution >= 0.6 is 0 Å². The first-order valence-electron chi connectivity index (χ1n) is 20.8. The molecule has 296 valence electrons. The molecule has 0 fully saturated rings. The number of imidazole rings is 1. The van der Waals surface area contributed by atoms with E-state index in [4.69, 9.17) is 19.5 Å². The Labute approximate surface area is 353 Å². The molecule has 10 aromatic rings. The second kappa shape index (κ2) is 13.9. The highest BCUT2D eigenvalue weighted by Crippen LogP contribution is 2.43. The quantitative estimate of drug-likeness (QED) is 0.143. The summed E-state index contributed by atoms with van der Waals surface area (Å²) in [6.07, 6.45) is 8.31. The molecule has 0 saturated heterocycles. The maximum absolute atomic E-state index is 6.85. The molecule has 0 amide bonds. The van der Waals surface area contributed by atoms with Gasteiger partial charge in [-0.3, -0.25) is 9.38 Å². The zero-order valence-electron chi connectivity index (χ0n) is 35.6. The zero-order chi connectivity index (χ0) is 41.6. The van der Waals surface area contributed by atoms with Gasteiger partial charge in [0.2, 0.25) is 0 Å². The highest BCUT2D eigenvalue weighted by atomic mass is 28.3. The van der Waals surface area contributed by atoms with Gasteiger partial charge in [0.05, 0.1) is 50.1 Å². The van der Waals surface area contributed by atoms with Crippen LogP contribution in [0.1, 0.15) is 25.0 Å². The summed E-state index contributed by atoms with van der Waals surface area (Å²) in [4.78, 5) is 10.3. The summed E-state index contributed by atoms with van der Waals surface area (Å²) in [6.45, 7) is 19.2. The predicted molar refractivity (Wildman–Crippen MR) is 256 cm³/mol. The fraction of sp³-hybridized carbons (Fsp3) is 0.173. The van der Waals surface area contributed by atoms with E-state index in [0.717, 1.165) is 66.7 Å². The van der Waals surface area contributed by atoms with Crippen LogP contribution in [0.3, 0.4) is 0 Å². The molecule has 10 rings (SSSR count). The third-order valence-electron chi connectivity index (χ3n) is 12.3. The number of furan rings is 1. The average molecular weight is 816 g/mol. The second-order valence-corrected chi connectivity index (χ2v) is 28.8. The molecular weight excluding hydrogens is 767 g/mol. The molecule has 0 saturated carbocycles. The molecule has 0 spiro atoms. The van der Waals surface area contributed by atoms with Crippen molar-refractivity contribution in [3.8, 4) is 39.2 Å². The summed E-state index contributed by atoms with van der Waals surface area (Å²) in [6, 6.07) is 45.7. The van der Waals surface area contributed by atoms with E-state index >= 15 is 0 Å². The fourth-order valence-corrected chi connectivity index (χ4v) is 11.6. The number of benzene rings is 5. The molecule has 0 aliphatic heterocycles. The van der Waals surface area contributed by atoms with Crippen molar-refractivity contribution in [2.75, 3.05) is 0 Å². The van der Waals surface area contributed by atoms with Crippen LogP contribution in [0.4, 0.5) is 0 Å². The minimum absolute atomic E-state index is 0.419. The number of nitrogens with zero attached hydrogens (tertiary/aromatic N) is 5. The van der Waals surface area contributed by atoms with Gasteiger partial charge in [-0.25, -0.2) is 9.67 Å². The van der Waals surface area contributed by atoms with Crippen LogP contribution in [-0.4, -0.2) is 40.3 Å². The molecule has 0 atom stereocenters. The molecular formula is C52H49N5OSi2. The Morgan fingerprint density at radius 1 is 0.650 bits per heavy atom. The molecule has 5 aromatic carbocycles. The summed E-state index contributed by atoms with van der Waals surface area (Å²) in [5.41, 5.74) is 14.2.